The number of nitrogens with one attached hydrogen (secondary N) is 1. The summed E-state index contributed by atoms with van der Waals surface area (Å²) in [6.07, 6.45) is 1.89. The number of hydrogen-bond donors (Lipinski definition) is 1. The van der Waals surface area contributed by atoms with Crippen molar-refractivity contribution in [1.82, 2.24) is 9.55 Å². The van der Waals surface area contributed by atoms with Crippen molar-refractivity contribution in [3.05, 3.63) is 94.3 Å². The van der Waals surface area contributed by atoms with Crippen LogP contribution in [0.3, 0.4) is 0 Å². The minimum absolute atomic E-state index is 0.0802. The summed E-state index contributed by atoms with van der Waals surface area (Å²) in [5, 5.41) is 3.83. The van der Waals surface area contributed by atoms with Gasteiger partial charge in [-0.05, 0) is 42.2 Å². The summed E-state index contributed by atoms with van der Waals surface area (Å²) in [6.45, 7) is 1.82. The number of aromatic nitrogens is 2. The molecule has 3 aromatic carbocycles. The molecule has 0 unspecified atom stereocenters. The molecule has 0 saturated carbocycles. The van der Waals surface area contributed by atoms with E-state index in [1.54, 1.807) is 34.9 Å². The number of hydrogen-bond acceptors (Lipinski definition) is 6. The van der Waals surface area contributed by atoms with Crippen LogP contribution >= 0.6 is 23.5 Å². The first-order valence-electron chi connectivity index (χ1n) is 10.6. The summed E-state index contributed by atoms with van der Waals surface area (Å²) in [5.74, 6) is -0.112. The van der Waals surface area contributed by atoms with Gasteiger partial charge in [-0.1, -0.05) is 54.2 Å². The van der Waals surface area contributed by atoms with Crippen molar-refractivity contribution in [2.24, 2.45) is 0 Å². The Morgan fingerprint density at radius 3 is 2.47 bits per heavy atom. The first-order valence-corrected chi connectivity index (χ1v) is 12.8. The molecule has 4 rings (SSSR count). The number of benzene rings is 3. The molecular formula is C26H23N3O3S2. The van der Waals surface area contributed by atoms with Crippen LogP contribution < -0.4 is 10.9 Å². The van der Waals surface area contributed by atoms with Crippen LogP contribution in [0.2, 0.25) is 0 Å². The number of Topliss-reactive ketones (excluding diaryl/α,β-unsaturated/α-hetero) is 1. The van der Waals surface area contributed by atoms with Crippen LogP contribution in [0.5, 0.6) is 0 Å². The van der Waals surface area contributed by atoms with Gasteiger partial charge < -0.3 is 5.32 Å². The number of rotatable bonds is 8. The SMILES string of the molecule is CSc1cc(C(=O)CSc2nc3ccccc3c(=O)n2Cc2ccccc2)ccc1NC(C)=O. The van der Waals surface area contributed by atoms with Gasteiger partial charge in [0.25, 0.3) is 5.56 Å². The molecule has 0 saturated heterocycles. The van der Waals surface area contributed by atoms with Gasteiger partial charge >= 0.3 is 0 Å². The van der Waals surface area contributed by atoms with Crippen molar-refractivity contribution >= 4 is 51.8 Å². The Hall–Kier alpha value is -3.36. The van der Waals surface area contributed by atoms with Gasteiger partial charge in [0.15, 0.2) is 10.9 Å². The number of carbonyl (C=O) groups excluding carboxylic acids is 2. The number of nitrogens with zero attached hydrogens (tertiary/aromatic N) is 2. The van der Waals surface area contributed by atoms with Crippen molar-refractivity contribution in [3.63, 3.8) is 0 Å². The molecule has 1 aromatic heterocycles. The molecule has 0 aliphatic carbocycles. The number of amides is 1. The van der Waals surface area contributed by atoms with E-state index < -0.39 is 0 Å². The topological polar surface area (TPSA) is 81.1 Å². The predicted molar refractivity (Wildman–Crippen MR) is 139 cm³/mol. The van der Waals surface area contributed by atoms with E-state index in [2.05, 4.69) is 5.32 Å². The molecule has 1 amide bonds. The minimum Gasteiger partial charge on any atom is -0.325 e. The van der Waals surface area contributed by atoms with Crippen molar-refractivity contribution in [3.8, 4) is 0 Å². The highest BCUT2D eigenvalue weighted by molar-refractivity contribution is 7.99. The van der Waals surface area contributed by atoms with Crippen LogP contribution in [0.15, 0.2) is 87.6 Å². The predicted octanol–water partition coefficient (Wildman–Crippen LogP) is 5.10. The van der Waals surface area contributed by atoms with Crippen molar-refractivity contribution in [1.29, 1.82) is 0 Å². The highest BCUT2D eigenvalue weighted by Crippen LogP contribution is 2.28. The average molecular weight is 490 g/mol. The monoisotopic (exact) mass is 489 g/mol. The summed E-state index contributed by atoms with van der Waals surface area (Å²) >= 11 is 2.71. The van der Waals surface area contributed by atoms with Crippen LogP contribution in [0.25, 0.3) is 10.9 Å². The van der Waals surface area contributed by atoms with E-state index >= 15 is 0 Å². The Labute approximate surface area is 205 Å². The second-order valence-corrected chi connectivity index (χ2v) is 9.39. The van der Waals surface area contributed by atoms with Crippen LogP contribution in [-0.2, 0) is 11.3 Å². The zero-order valence-electron chi connectivity index (χ0n) is 18.8. The van der Waals surface area contributed by atoms with Gasteiger partial charge in [0.1, 0.15) is 0 Å². The Morgan fingerprint density at radius 1 is 1.00 bits per heavy atom. The molecule has 0 aliphatic heterocycles. The lowest BCUT2D eigenvalue weighted by atomic mass is 10.1. The number of thioether (sulfide) groups is 2. The van der Waals surface area contributed by atoms with Crippen LogP contribution in [0.4, 0.5) is 5.69 Å². The molecule has 6 nitrogen and oxygen atoms in total. The molecule has 0 bridgehead atoms. The Morgan fingerprint density at radius 2 is 1.74 bits per heavy atom. The van der Waals surface area contributed by atoms with Crippen LogP contribution in [0.1, 0.15) is 22.8 Å². The van der Waals surface area contributed by atoms with Gasteiger partial charge in [-0.25, -0.2) is 4.98 Å². The van der Waals surface area contributed by atoms with E-state index in [9.17, 15) is 14.4 Å². The first kappa shape index (κ1) is 23.8. The largest absolute Gasteiger partial charge is 0.325 e. The highest BCUT2D eigenvalue weighted by atomic mass is 32.2. The third-order valence-electron chi connectivity index (χ3n) is 5.18. The third-order valence-corrected chi connectivity index (χ3v) is 6.93. The Bertz CT molecular complexity index is 1420. The van der Waals surface area contributed by atoms with E-state index in [1.165, 1.54) is 30.4 Å². The van der Waals surface area contributed by atoms with E-state index in [4.69, 9.17) is 4.98 Å². The van der Waals surface area contributed by atoms with E-state index in [1.807, 2.05) is 48.7 Å². The second-order valence-electron chi connectivity index (χ2n) is 7.60. The van der Waals surface area contributed by atoms with E-state index in [0.29, 0.717) is 33.9 Å². The molecule has 0 atom stereocenters. The first-order chi connectivity index (χ1) is 16.5. The van der Waals surface area contributed by atoms with Gasteiger partial charge in [0, 0.05) is 17.4 Å². The number of ketones is 1. The molecule has 0 radical (unpaired) electrons. The normalized spacial score (nSPS) is 10.9. The molecule has 8 heteroatoms. The van der Waals surface area contributed by atoms with Gasteiger partial charge in [0.05, 0.1) is 28.9 Å². The van der Waals surface area contributed by atoms with Gasteiger partial charge in [0.2, 0.25) is 5.91 Å². The fourth-order valence-corrected chi connectivity index (χ4v) is 5.01. The summed E-state index contributed by atoms with van der Waals surface area (Å²) in [4.78, 5) is 43.2. The summed E-state index contributed by atoms with van der Waals surface area (Å²) in [5.41, 5.74) is 2.68. The Balaban J connectivity index is 1.63. The standard InChI is InChI=1S/C26H23N3O3S2/c1-17(30)27-22-13-12-19(14-24(22)33-2)23(31)16-34-26-28-21-11-7-6-10-20(21)25(32)29(26)15-18-8-4-3-5-9-18/h3-14H,15-16H2,1-2H3,(H,27,30). The third kappa shape index (κ3) is 5.40. The minimum atomic E-state index is -0.163. The molecule has 4 aromatic rings. The fraction of sp³-hybridized carbons (Fsp3) is 0.154. The number of carbonyl (C=O) groups is 2. The lowest BCUT2D eigenvalue weighted by Gasteiger charge is -2.13. The van der Waals surface area contributed by atoms with Crippen LogP contribution in [-0.4, -0.2) is 33.3 Å². The van der Waals surface area contributed by atoms with E-state index in [0.717, 1.165) is 10.5 Å². The van der Waals surface area contributed by atoms with E-state index in [-0.39, 0.29) is 23.0 Å². The quantitative estimate of drug-likeness (QED) is 0.211. The number of para-hydroxylation sites is 1. The van der Waals surface area contributed by atoms with Crippen LogP contribution in [0, 0.1) is 0 Å². The molecule has 0 fully saturated rings. The zero-order valence-corrected chi connectivity index (χ0v) is 20.4. The van der Waals surface area contributed by atoms with Crippen molar-refractivity contribution in [2.75, 3.05) is 17.3 Å². The summed E-state index contributed by atoms with van der Waals surface area (Å²) < 4.78 is 1.63. The summed E-state index contributed by atoms with van der Waals surface area (Å²) in [6, 6.07) is 22.2. The fourth-order valence-electron chi connectivity index (χ4n) is 3.53. The lowest BCUT2D eigenvalue weighted by molar-refractivity contribution is -0.114. The van der Waals surface area contributed by atoms with Gasteiger partial charge in [-0.2, -0.15) is 0 Å². The highest BCUT2D eigenvalue weighted by Gasteiger charge is 2.16. The lowest BCUT2D eigenvalue weighted by Crippen LogP contribution is -2.24. The molecular weight excluding hydrogens is 466 g/mol. The molecule has 0 spiro atoms. The second kappa shape index (κ2) is 10.7. The maximum Gasteiger partial charge on any atom is 0.262 e. The van der Waals surface area contributed by atoms with Gasteiger partial charge in [-0.15, -0.1) is 11.8 Å². The molecule has 1 heterocycles. The number of anilines is 1. The molecule has 0 aliphatic rings. The molecule has 1 N–H and O–H groups in total. The Kier molecular flexibility index (Phi) is 7.49. The zero-order chi connectivity index (χ0) is 24.1. The average Bonchev–Trinajstić information content (AvgIpc) is 2.85. The number of fused-ring (bicyclic) bond motifs is 1. The smallest absolute Gasteiger partial charge is 0.262 e. The molecule has 34 heavy (non-hydrogen) atoms. The maximum absolute atomic E-state index is 13.3. The van der Waals surface area contributed by atoms with Crippen molar-refractivity contribution < 1.29 is 9.59 Å². The van der Waals surface area contributed by atoms with Gasteiger partial charge in [-0.3, -0.25) is 19.0 Å². The maximum atomic E-state index is 13.3. The summed E-state index contributed by atoms with van der Waals surface area (Å²) in [7, 11) is 0. The van der Waals surface area contributed by atoms with Crippen molar-refractivity contribution in [2.45, 2.75) is 23.5 Å². The molecule has 172 valence electrons.